The molecule has 0 spiro atoms. The molecule has 1 N–H and O–H groups in total. The molecule has 1 atom stereocenters. The van der Waals surface area contributed by atoms with E-state index in [9.17, 15) is 13.2 Å². The Morgan fingerprint density at radius 3 is 2.78 bits per heavy atom. The highest BCUT2D eigenvalue weighted by molar-refractivity contribution is 7.92. The van der Waals surface area contributed by atoms with Crippen LogP contribution in [0.2, 0.25) is 0 Å². The normalized spacial score (nSPS) is 17.6. The number of anilines is 1. The second kappa shape index (κ2) is 8.94. The Kier molecular flexibility index (Phi) is 6.38. The number of nitrogens with one attached hydrogen (secondary N) is 1. The lowest BCUT2D eigenvalue weighted by atomic mass is 10.2. The number of aromatic nitrogens is 1. The average molecular weight is 391 g/mol. The Balaban J connectivity index is 1.73. The number of rotatable bonds is 8. The molecular formula is C18H21N3O5S. The van der Waals surface area contributed by atoms with Crippen LogP contribution in [0.5, 0.6) is 0 Å². The van der Waals surface area contributed by atoms with Gasteiger partial charge in [-0.2, -0.15) is 4.31 Å². The Labute approximate surface area is 157 Å². The van der Waals surface area contributed by atoms with Crippen molar-refractivity contribution in [3.63, 3.8) is 0 Å². The van der Waals surface area contributed by atoms with Gasteiger partial charge in [-0.1, -0.05) is 35.5 Å². The third-order valence-electron chi connectivity index (χ3n) is 4.05. The standard InChI is InChI=1S/C18H21N3O5S/c22-18(19-17-8-11-26-20-17)14-21(13-16-7-4-10-25-16)27(23,24)12-9-15-5-2-1-3-6-15/h1-3,5-6,8-9,11-12,16H,4,7,10,13-14H2,(H,19,20,22)/b12-9+/t16-/m0/s1. The summed E-state index contributed by atoms with van der Waals surface area (Å²) in [6.45, 7) is 0.380. The van der Waals surface area contributed by atoms with Crippen LogP contribution in [0.1, 0.15) is 18.4 Å². The summed E-state index contributed by atoms with van der Waals surface area (Å²) in [7, 11) is -3.81. The minimum atomic E-state index is -3.81. The SMILES string of the molecule is O=C(CN(C[C@@H]1CCCO1)S(=O)(=O)/C=C/c1ccccc1)Nc1ccon1. The fraction of sp³-hybridized carbons (Fsp3) is 0.333. The van der Waals surface area contributed by atoms with E-state index in [-0.39, 0.29) is 25.0 Å². The molecule has 8 nitrogen and oxygen atoms in total. The van der Waals surface area contributed by atoms with Crippen LogP contribution in [0.15, 0.2) is 52.6 Å². The van der Waals surface area contributed by atoms with E-state index in [1.807, 2.05) is 18.2 Å². The highest BCUT2D eigenvalue weighted by Crippen LogP contribution is 2.17. The van der Waals surface area contributed by atoms with E-state index in [1.54, 1.807) is 12.1 Å². The molecule has 144 valence electrons. The number of nitrogens with zero attached hydrogens (tertiary/aromatic N) is 2. The maximum absolute atomic E-state index is 12.8. The predicted molar refractivity (Wildman–Crippen MR) is 100 cm³/mol. The van der Waals surface area contributed by atoms with Crippen LogP contribution in [-0.2, 0) is 19.6 Å². The second-order valence-corrected chi connectivity index (χ2v) is 7.94. The van der Waals surface area contributed by atoms with Gasteiger partial charge in [0.15, 0.2) is 5.82 Å². The van der Waals surface area contributed by atoms with Crippen LogP contribution in [-0.4, -0.2) is 49.6 Å². The zero-order valence-electron chi connectivity index (χ0n) is 14.7. The van der Waals surface area contributed by atoms with Gasteiger partial charge in [-0.25, -0.2) is 8.42 Å². The van der Waals surface area contributed by atoms with Crippen LogP contribution in [0.3, 0.4) is 0 Å². The first-order valence-corrected chi connectivity index (χ1v) is 10.1. The summed E-state index contributed by atoms with van der Waals surface area (Å²) < 4.78 is 36.9. The predicted octanol–water partition coefficient (Wildman–Crippen LogP) is 2.09. The molecule has 0 bridgehead atoms. The summed E-state index contributed by atoms with van der Waals surface area (Å²) >= 11 is 0. The monoisotopic (exact) mass is 391 g/mol. The quantitative estimate of drug-likeness (QED) is 0.739. The zero-order chi connectivity index (χ0) is 19.1. The largest absolute Gasteiger partial charge is 0.377 e. The Bertz CT molecular complexity index is 860. The van der Waals surface area contributed by atoms with Gasteiger partial charge >= 0.3 is 0 Å². The van der Waals surface area contributed by atoms with Crippen molar-refractivity contribution in [3.8, 4) is 0 Å². The van der Waals surface area contributed by atoms with Crippen molar-refractivity contribution in [1.29, 1.82) is 0 Å². The highest BCUT2D eigenvalue weighted by Gasteiger charge is 2.28. The minimum Gasteiger partial charge on any atom is -0.377 e. The lowest BCUT2D eigenvalue weighted by molar-refractivity contribution is -0.116. The van der Waals surface area contributed by atoms with E-state index in [0.29, 0.717) is 6.61 Å². The number of amides is 1. The molecule has 1 aliphatic rings. The van der Waals surface area contributed by atoms with Crippen LogP contribution in [0.25, 0.3) is 6.08 Å². The molecule has 0 unspecified atom stereocenters. The first-order chi connectivity index (χ1) is 13.0. The van der Waals surface area contributed by atoms with Gasteiger partial charge in [-0.15, -0.1) is 0 Å². The molecule has 1 saturated heterocycles. The molecule has 0 aliphatic carbocycles. The van der Waals surface area contributed by atoms with Crippen molar-refractivity contribution >= 4 is 27.8 Å². The van der Waals surface area contributed by atoms with Gasteiger partial charge in [0.2, 0.25) is 15.9 Å². The molecule has 27 heavy (non-hydrogen) atoms. The maximum atomic E-state index is 12.8. The fourth-order valence-corrected chi connectivity index (χ4v) is 3.88. The van der Waals surface area contributed by atoms with Crippen LogP contribution in [0, 0.1) is 0 Å². The third kappa shape index (κ3) is 5.75. The number of carbonyl (C=O) groups is 1. The van der Waals surface area contributed by atoms with Crippen LogP contribution >= 0.6 is 0 Å². The Morgan fingerprint density at radius 2 is 2.11 bits per heavy atom. The van der Waals surface area contributed by atoms with Crippen molar-refractivity contribution in [1.82, 2.24) is 9.46 Å². The van der Waals surface area contributed by atoms with E-state index in [1.165, 1.54) is 18.4 Å². The van der Waals surface area contributed by atoms with Gasteiger partial charge in [0.05, 0.1) is 12.6 Å². The third-order valence-corrected chi connectivity index (χ3v) is 5.53. The van der Waals surface area contributed by atoms with Crippen LogP contribution < -0.4 is 5.32 Å². The number of carbonyl (C=O) groups excluding carboxylic acids is 1. The highest BCUT2D eigenvalue weighted by atomic mass is 32.2. The second-order valence-electron chi connectivity index (χ2n) is 6.12. The van der Waals surface area contributed by atoms with Crippen molar-refractivity contribution in [2.24, 2.45) is 0 Å². The minimum absolute atomic E-state index is 0.119. The smallest absolute Gasteiger partial charge is 0.240 e. The molecule has 0 radical (unpaired) electrons. The van der Waals surface area contributed by atoms with Gasteiger partial charge in [0, 0.05) is 24.6 Å². The Hall–Kier alpha value is -2.49. The molecule has 1 fully saturated rings. The lowest BCUT2D eigenvalue weighted by Gasteiger charge is -2.22. The molecule has 1 aromatic carbocycles. The molecule has 0 saturated carbocycles. The van der Waals surface area contributed by atoms with Gasteiger partial charge in [-0.3, -0.25) is 4.79 Å². The number of benzene rings is 1. The summed E-state index contributed by atoms with van der Waals surface area (Å²) in [5.74, 6) is -0.270. The molecule has 9 heteroatoms. The summed E-state index contributed by atoms with van der Waals surface area (Å²) in [5, 5.41) is 7.21. The lowest BCUT2D eigenvalue weighted by Crippen LogP contribution is -2.41. The van der Waals surface area contributed by atoms with E-state index < -0.39 is 15.9 Å². The van der Waals surface area contributed by atoms with E-state index in [2.05, 4.69) is 15.0 Å². The molecular weight excluding hydrogens is 370 g/mol. The summed E-state index contributed by atoms with van der Waals surface area (Å²) in [6, 6.07) is 10.6. The number of ether oxygens (including phenoxy) is 1. The van der Waals surface area contributed by atoms with Crippen molar-refractivity contribution < 1.29 is 22.5 Å². The number of hydrogen-bond acceptors (Lipinski definition) is 6. The summed E-state index contributed by atoms with van der Waals surface area (Å²) in [4.78, 5) is 12.3. The maximum Gasteiger partial charge on any atom is 0.240 e. The summed E-state index contributed by atoms with van der Waals surface area (Å²) in [6.07, 6.45) is 4.25. The van der Waals surface area contributed by atoms with Crippen molar-refractivity contribution in [2.75, 3.05) is 25.0 Å². The number of sulfonamides is 1. The topological polar surface area (TPSA) is 102 Å². The van der Waals surface area contributed by atoms with Gasteiger partial charge < -0.3 is 14.6 Å². The molecule has 3 rings (SSSR count). The van der Waals surface area contributed by atoms with Crippen molar-refractivity contribution in [3.05, 3.63) is 53.6 Å². The fourth-order valence-electron chi connectivity index (χ4n) is 2.71. The first-order valence-electron chi connectivity index (χ1n) is 8.58. The van der Waals surface area contributed by atoms with Crippen molar-refractivity contribution in [2.45, 2.75) is 18.9 Å². The van der Waals surface area contributed by atoms with Crippen LogP contribution in [0.4, 0.5) is 5.82 Å². The summed E-state index contributed by atoms with van der Waals surface area (Å²) in [5.41, 5.74) is 0.755. The molecule has 1 aliphatic heterocycles. The van der Waals surface area contributed by atoms with E-state index in [4.69, 9.17) is 4.74 Å². The molecule has 2 heterocycles. The zero-order valence-corrected chi connectivity index (χ0v) is 15.5. The average Bonchev–Trinajstić information content (AvgIpc) is 3.34. The van der Waals surface area contributed by atoms with Gasteiger partial charge in [0.1, 0.15) is 6.26 Å². The van der Waals surface area contributed by atoms with Gasteiger partial charge in [0.25, 0.3) is 0 Å². The number of hydrogen-bond donors (Lipinski definition) is 1. The Morgan fingerprint density at radius 1 is 1.30 bits per heavy atom. The molecule has 1 amide bonds. The molecule has 1 aromatic heterocycles. The first kappa shape index (κ1) is 19.3. The molecule has 2 aromatic rings. The van der Waals surface area contributed by atoms with E-state index >= 15 is 0 Å². The van der Waals surface area contributed by atoms with E-state index in [0.717, 1.165) is 28.1 Å². The van der Waals surface area contributed by atoms with Gasteiger partial charge in [-0.05, 0) is 24.5 Å².